The number of amides is 1. The van der Waals surface area contributed by atoms with Crippen molar-refractivity contribution in [3.8, 4) is 0 Å². The lowest BCUT2D eigenvalue weighted by Crippen LogP contribution is -2.43. The number of anilines is 2. The minimum absolute atomic E-state index is 0.103. The molecule has 0 aliphatic carbocycles. The van der Waals surface area contributed by atoms with Crippen molar-refractivity contribution in [3.63, 3.8) is 0 Å². The van der Waals surface area contributed by atoms with E-state index in [4.69, 9.17) is 10.5 Å². The summed E-state index contributed by atoms with van der Waals surface area (Å²) in [5.41, 5.74) is 3.81. The molecule has 2 aromatic rings. The number of nitrogens with zero attached hydrogens (tertiary/aromatic N) is 2. The third kappa shape index (κ3) is 7.33. The predicted molar refractivity (Wildman–Crippen MR) is 125 cm³/mol. The first-order valence-electron chi connectivity index (χ1n) is 10.9. The molecule has 0 aliphatic heterocycles. The summed E-state index contributed by atoms with van der Waals surface area (Å²) < 4.78 is 44.0. The monoisotopic (exact) mass is 496 g/mol. The molecule has 0 atom stereocenters. The van der Waals surface area contributed by atoms with Crippen LogP contribution in [0, 0.1) is 0 Å². The number of hydrogen-bond acceptors (Lipinski definition) is 6. The quantitative estimate of drug-likeness (QED) is 0.385. The van der Waals surface area contributed by atoms with Gasteiger partial charge in [-0.2, -0.15) is 13.2 Å². The van der Waals surface area contributed by atoms with Crippen LogP contribution in [0.25, 0.3) is 6.08 Å². The zero-order chi connectivity index (χ0) is 26.2. The number of carbonyl (C=O) groups is 2. The number of H-pyrrole nitrogens is 1. The van der Waals surface area contributed by atoms with E-state index >= 15 is 0 Å². The molecule has 0 spiro atoms. The first kappa shape index (κ1) is 27.4. The van der Waals surface area contributed by atoms with Gasteiger partial charge in [0, 0.05) is 19.2 Å². The fourth-order valence-corrected chi connectivity index (χ4v) is 3.17. The van der Waals surface area contributed by atoms with Gasteiger partial charge in [0.1, 0.15) is 5.82 Å². The molecule has 1 aromatic heterocycles. The Bertz CT molecular complexity index is 1180. The van der Waals surface area contributed by atoms with E-state index in [1.165, 1.54) is 18.2 Å². The number of hydrogen-bond donors (Lipinski definition) is 2. The lowest BCUT2D eigenvalue weighted by molar-refractivity contribution is -0.142. The number of nitrogen functional groups attached to an aromatic ring is 1. The maximum atomic E-state index is 12.8. The summed E-state index contributed by atoms with van der Waals surface area (Å²) in [6, 6.07) is 4.12. The number of nitrogens with two attached hydrogens (primary N) is 1. The number of carbonyl (C=O) groups excluding carboxylic acids is 2. The van der Waals surface area contributed by atoms with Crippen molar-refractivity contribution in [1.82, 2.24) is 9.55 Å². The van der Waals surface area contributed by atoms with E-state index in [0.29, 0.717) is 24.8 Å². The Morgan fingerprint density at radius 3 is 2.37 bits per heavy atom. The van der Waals surface area contributed by atoms with Crippen molar-refractivity contribution >= 4 is 29.5 Å². The van der Waals surface area contributed by atoms with Gasteiger partial charge in [-0.15, -0.1) is 0 Å². The van der Waals surface area contributed by atoms with Crippen LogP contribution in [0.1, 0.15) is 44.2 Å². The molecular formula is C23H27F3N4O5. The Morgan fingerprint density at radius 2 is 1.80 bits per heavy atom. The number of aromatic nitrogens is 2. The van der Waals surface area contributed by atoms with E-state index in [-0.39, 0.29) is 24.6 Å². The fraction of sp³-hybridized carbons (Fsp3) is 0.391. The highest BCUT2D eigenvalue weighted by Gasteiger charge is 2.30. The van der Waals surface area contributed by atoms with Gasteiger partial charge in [0.15, 0.2) is 12.3 Å². The minimum atomic E-state index is -4.47. The lowest BCUT2D eigenvalue weighted by Gasteiger charge is -2.24. The topological polar surface area (TPSA) is 127 Å². The van der Waals surface area contributed by atoms with E-state index < -0.39 is 41.5 Å². The summed E-state index contributed by atoms with van der Waals surface area (Å²) in [5.74, 6) is -1.81. The van der Waals surface area contributed by atoms with Gasteiger partial charge >= 0.3 is 17.8 Å². The molecule has 3 N–H and O–H groups in total. The first-order chi connectivity index (χ1) is 16.5. The average Bonchev–Trinajstić information content (AvgIpc) is 2.80. The molecule has 0 saturated carbocycles. The maximum absolute atomic E-state index is 12.8. The Kier molecular flexibility index (Phi) is 9.43. The molecule has 1 aromatic carbocycles. The Labute approximate surface area is 199 Å². The van der Waals surface area contributed by atoms with E-state index in [9.17, 15) is 32.3 Å². The number of esters is 1. The Balaban J connectivity index is 2.15. The molecule has 0 saturated heterocycles. The fourth-order valence-electron chi connectivity index (χ4n) is 3.17. The standard InChI is InChI=1S/C23H27F3N4O5/c1-3-5-13-29(19-20(27)30(12-4-2)22(34)28-21(19)33)17(31)14-35-18(32)11-8-15-6-9-16(10-7-15)23(24,25)26/h6-11H,3-5,12-14,27H2,1-2H3,(H,28,33,34)/b11-8+. The third-order valence-electron chi connectivity index (χ3n) is 4.96. The van der Waals surface area contributed by atoms with Crippen molar-refractivity contribution in [3.05, 3.63) is 62.3 Å². The van der Waals surface area contributed by atoms with Crippen molar-refractivity contribution in [1.29, 1.82) is 0 Å². The molecule has 2 rings (SSSR count). The summed E-state index contributed by atoms with van der Waals surface area (Å²) in [5, 5.41) is 0. The van der Waals surface area contributed by atoms with Gasteiger partial charge in [-0.1, -0.05) is 32.4 Å². The second-order valence-corrected chi connectivity index (χ2v) is 7.60. The largest absolute Gasteiger partial charge is 0.452 e. The molecule has 0 radical (unpaired) electrons. The van der Waals surface area contributed by atoms with Crippen LogP contribution in [0.2, 0.25) is 0 Å². The van der Waals surface area contributed by atoms with Gasteiger partial charge in [-0.05, 0) is 36.6 Å². The second kappa shape index (κ2) is 12.0. The summed E-state index contributed by atoms with van der Waals surface area (Å²) in [7, 11) is 0. The summed E-state index contributed by atoms with van der Waals surface area (Å²) in [6.45, 7) is 3.31. The number of benzene rings is 1. The van der Waals surface area contributed by atoms with E-state index in [1.807, 2.05) is 13.8 Å². The third-order valence-corrected chi connectivity index (χ3v) is 4.96. The molecule has 1 amide bonds. The number of unbranched alkanes of at least 4 members (excludes halogenated alkanes) is 1. The summed E-state index contributed by atoms with van der Waals surface area (Å²) in [4.78, 5) is 52.7. The molecule has 0 unspecified atom stereocenters. The minimum Gasteiger partial charge on any atom is -0.452 e. The molecule has 12 heteroatoms. The van der Waals surface area contributed by atoms with Gasteiger partial charge in [0.2, 0.25) is 0 Å². The first-order valence-corrected chi connectivity index (χ1v) is 10.9. The van der Waals surface area contributed by atoms with Crippen molar-refractivity contribution in [2.75, 3.05) is 23.8 Å². The molecule has 1 heterocycles. The molecule has 0 fully saturated rings. The highest BCUT2D eigenvalue weighted by atomic mass is 19.4. The molecule has 9 nitrogen and oxygen atoms in total. The smallest absolute Gasteiger partial charge is 0.416 e. The average molecular weight is 496 g/mol. The maximum Gasteiger partial charge on any atom is 0.416 e. The van der Waals surface area contributed by atoms with Crippen LogP contribution in [-0.4, -0.2) is 34.6 Å². The van der Waals surface area contributed by atoms with Crippen molar-refractivity contribution in [2.24, 2.45) is 0 Å². The van der Waals surface area contributed by atoms with Crippen LogP contribution >= 0.6 is 0 Å². The van der Waals surface area contributed by atoms with Crippen LogP contribution in [0.4, 0.5) is 24.7 Å². The van der Waals surface area contributed by atoms with Gasteiger partial charge in [-0.3, -0.25) is 19.1 Å². The van der Waals surface area contributed by atoms with Crippen molar-refractivity contribution in [2.45, 2.75) is 45.8 Å². The van der Waals surface area contributed by atoms with Crippen LogP contribution in [0.5, 0.6) is 0 Å². The number of nitrogens with one attached hydrogen (secondary N) is 1. The molecule has 0 aliphatic rings. The zero-order valence-electron chi connectivity index (χ0n) is 19.4. The summed E-state index contributed by atoms with van der Waals surface area (Å²) in [6.07, 6.45) is -0.507. The number of aromatic amines is 1. The molecular weight excluding hydrogens is 469 g/mol. The highest BCUT2D eigenvalue weighted by molar-refractivity contribution is 5.98. The van der Waals surface area contributed by atoms with Crippen LogP contribution < -0.4 is 21.9 Å². The lowest BCUT2D eigenvalue weighted by atomic mass is 10.1. The van der Waals surface area contributed by atoms with E-state index in [2.05, 4.69) is 4.98 Å². The predicted octanol–water partition coefficient (Wildman–Crippen LogP) is 2.94. The molecule has 0 bridgehead atoms. The van der Waals surface area contributed by atoms with Gasteiger partial charge < -0.3 is 15.4 Å². The van der Waals surface area contributed by atoms with Gasteiger partial charge in [-0.25, -0.2) is 9.59 Å². The van der Waals surface area contributed by atoms with E-state index in [1.54, 1.807) is 0 Å². The number of halogens is 3. The van der Waals surface area contributed by atoms with Crippen LogP contribution in [-0.2, 0) is 27.0 Å². The molecule has 35 heavy (non-hydrogen) atoms. The zero-order valence-corrected chi connectivity index (χ0v) is 19.4. The second-order valence-electron chi connectivity index (χ2n) is 7.60. The van der Waals surface area contributed by atoms with Gasteiger partial charge in [0.05, 0.1) is 5.56 Å². The van der Waals surface area contributed by atoms with Crippen molar-refractivity contribution < 1.29 is 27.5 Å². The number of alkyl halides is 3. The number of rotatable bonds is 10. The highest BCUT2D eigenvalue weighted by Crippen LogP contribution is 2.29. The van der Waals surface area contributed by atoms with Gasteiger partial charge in [0.25, 0.3) is 11.5 Å². The van der Waals surface area contributed by atoms with Crippen LogP contribution in [0.3, 0.4) is 0 Å². The Hall–Kier alpha value is -3.83. The van der Waals surface area contributed by atoms with Crippen LogP contribution in [0.15, 0.2) is 39.9 Å². The normalized spacial score (nSPS) is 11.6. The SMILES string of the molecule is CCCCN(C(=O)COC(=O)/C=C/c1ccc(C(F)(F)F)cc1)c1c(N)n(CCC)c(=O)[nH]c1=O. The Morgan fingerprint density at radius 1 is 1.14 bits per heavy atom. The summed E-state index contributed by atoms with van der Waals surface area (Å²) >= 11 is 0. The molecule has 190 valence electrons. The number of ether oxygens (including phenoxy) is 1. The van der Waals surface area contributed by atoms with E-state index in [0.717, 1.165) is 27.7 Å².